The summed E-state index contributed by atoms with van der Waals surface area (Å²) in [5, 5.41) is 9.43. The van der Waals surface area contributed by atoms with Gasteiger partial charge in [-0.3, -0.25) is 5.41 Å². The first-order valence-electron chi connectivity index (χ1n) is 5.24. The lowest BCUT2D eigenvalue weighted by atomic mass is 10.1. The van der Waals surface area contributed by atoms with E-state index in [9.17, 15) is 4.39 Å². The van der Waals surface area contributed by atoms with Gasteiger partial charge in [0.1, 0.15) is 16.0 Å². The van der Waals surface area contributed by atoms with E-state index in [0.717, 1.165) is 15.6 Å². The average molecular weight is 281 g/mol. The molecule has 2 rings (SSSR count). The maximum absolute atomic E-state index is 13.1. The van der Waals surface area contributed by atoms with Crippen LogP contribution in [0.5, 0.6) is 0 Å². The molecule has 0 atom stereocenters. The van der Waals surface area contributed by atoms with Crippen LogP contribution < -0.4 is 5.73 Å². The number of nitrogens with one attached hydrogen (secondary N) is 1. The summed E-state index contributed by atoms with van der Waals surface area (Å²) in [5.74, 6) is 0.141. The van der Waals surface area contributed by atoms with Crippen molar-refractivity contribution >= 4 is 28.9 Å². The Balaban J connectivity index is 2.16. The Morgan fingerprint density at radius 1 is 1.56 bits per heavy atom. The third kappa shape index (κ3) is 3.08. The Labute approximate surface area is 113 Å². The van der Waals surface area contributed by atoms with E-state index in [4.69, 9.17) is 11.1 Å². The molecule has 3 N–H and O–H groups in total. The third-order valence-electron chi connectivity index (χ3n) is 2.31. The molecule has 0 radical (unpaired) electrons. The number of nitrogens with zero attached hydrogens (tertiary/aromatic N) is 1. The van der Waals surface area contributed by atoms with Crippen molar-refractivity contribution in [3.05, 3.63) is 46.2 Å². The van der Waals surface area contributed by atoms with Gasteiger partial charge in [-0.05, 0) is 24.6 Å². The summed E-state index contributed by atoms with van der Waals surface area (Å²) in [6.07, 6.45) is 0. The summed E-state index contributed by atoms with van der Waals surface area (Å²) >= 11 is 3.14. The summed E-state index contributed by atoms with van der Waals surface area (Å²) in [5.41, 5.74) is 7.75. The number of aryl methyl sites for hydroxylation is 1. The molecule has 6 heteroatoms. The van der Waals surface area contributed by atoms with Gasteiger partial charge in [0.2, 0.25) is 0 Å². The second-order valence-corrected chi connectivity index (χ2v) is 5.84. The fraction of sp³-hybridized carbons (Fsp3) is 0.167. The van der Waals surface area contributed by atoms with Gasteiger partial charge < -0.3 is 5.73 Å². The molecule has 3 nitrogen and oxygen atoms in total. The van der Waals surface area contributed by atoms with Crippen molar-refractivity contribution in [3.63, 3.8) is 0 Å². The summed E-state index contributed by atoms with van der Waals surface area (Å²) in [6.45, 7) is 1.94. The standard InChI is InChI=1S/C12H12FN3S2/c1-7-5-17-12(16-7)18-6-8-2-3-9(13)4-10(8)11(14)15/h2-5H,6H2,1H3,(H3,14,15). The van der Waals surface area contributed by atoms with Gasteiger partial charge in [-0.15, -0.1) is 11.3 Å². The SMILES string of the molecule is Cc1csc(SCc2ccc(F)cc2C(=N)N)n1. The summed E-state index contributed by atoms with van der Waals surface area (Å²) in [6, 6.07) is 4.35. The number of rotatable bonds is 4. The normalized spacial score (nSPS) is 10.6. The molecule has 0 aliphatic carbocycles. The van der Waals surface area contributed by atoms with Crippen LogP contribution in [-0.4, -0.2) is 10.8 Å². The lowest BCUT2D eigenvalue weighted by Gasteiger charge is -2.07. The molecule has 0 fully saturated rings. The van der Waals surface area contributed by atoms with Crippen molar-refractivity contribution in [1.82, 2.24) is 4.98 Å². The molecular formula is C12H12FN3S2. The van der Waals surface area contributed by atoms with Gasteiger partial charge in [0.15, 0.2) is 0 Å². The smallest absolute Gasteiger partial charge is 0.150 e. The number of benzene rings is 1. The minimum atomic E-state index is -0.376. The second kappa shape index (κ2) is 5.49. The van der Waals surface area contributed by atoms with E-state index < -0.39 is 0 Å². The van der Waals surface area contributed by atoms with Crippen LogP contribution in [0.4, 0.5) is 4.39 Å². The largest absolute Gasteiger partial charge is 0.384 e. The molecule has 0 spiro atoms. The van der Waals surface area contributed by atoms with E-state index >= 15 is 0 Å². The summed E-state index contributed by atoms with van der Waals surface area (Å²) < 4.78 is 14.1. The molecule has 0 saturated heterocycles. The van der Waals surface area contributed by atoms with Crippen molar-refractivity contribution in [3.8, 4) is 0 Å². The van der Waals surface area contributed by atoms with Gasteiger partial charge in [0, 0.05) is 22.4 Å². The summed E-state index contributed by atoms with van der Waals surface area (Å²) in [4.78, 5) is 4.34. The molecule has 0 aliphatic rings. The molecule has 0 unspecified atom stereocenters. The van der Waals surface area contributed by atoms with Gasteiger partial charge in [-0.1, -0.05) is 17.8 Å². The predicted octanol–water partition coefficient (Wildman–Crippen LogP) is 3.17. The van der Waals surface area contributed by atoms with Gasteiger partial charge in [0.25, 0.3) is 0 Å². The molecule has 2 aromatic rings. The van der Waals surface area contributed by atoms with E-state index in [-0.39, 0.29) is 11.7 Å². The third-order valence-corrected chi connectivity index (χ3v) is 4.50. The fourth-order valence-corrected chi connectivity index (χ4v) is 3.32. The van der Waals surface area contributed by atoms with Crippen LogP contribution in [-0.2, 0) is 5.75 Å². The van der Waals surface area contributed by atoms with Crippen LogP contribution in [0.2, 0.25) is 0 Å². The number of thioether (sulfide) groups is 1. The topological polar surface area (TPSA) is 62.8 Å². The van der Waals surface area contributed by atoms with E-state index in [2.05, 4.69) is 4.98 Å². The molecule has 0 saturated carbocycles. The molecule has 18 heavy (non-hydrogen) atoms. The Hall–Kier alpha value is -1.40. The monoisotopic (exact) mass is 281 g/mol. The van der Waals surface area contributed by atoms with E-state index in [1.165, 1.54) is 12.1 Å². The zero-order valence-corrected chi connectivity index (χ0v) is 11.4. The summed E-state index contributed by atoms with van der Waals surface area (Å²) in [7, 11) is 0. The van der Waals surface area contributed by atoms with Crippen molar-refractivity contribution in [2.45, 2.75) is 17.0 Å². The van der Waals surface area contributed by atoms with Crippen LogP contribution in [0.1, 0.15) is 16.8 Å². The number of amidine groups is 1. The Kier molecular flexibility index (Phi) is 3.98. The van der Waals surface area contributed by atoms with Crippen LogP contribution >= 0.6 is 23.1 Å². The number of hydrogen-bond donors (Lipinski definition) is 2. The average Bonchev–Trinajstić information content (AvgIpc) is 2.73. The minimum Gasteiger partial charge on any atom is -0.384 e. The van der Waals surface area contributed by atoms with Crippen LogP contribution in [0.25, 0.3) is 0 Å². The van der Waals surface area contributed by atoms with E-state index in [1.807, 2.05) is 12.3 Å². The van der Waals surface area contributed by atoms with E-state index in [1.54, 1.807) is 29.2 Å². The first-order valence-corrected chi connectivity index (χ1v) is 7.10. The molecule has 1 aromatic heterocycles. The van der Waals surface area contributed by atoms with Crippen LogP contribution in [0.3, 0.4) is 0 Å². The molecule has 0 aliphatic heterocycles. The van der Waals surface area contributed by atoms with Gasteiger partial charge >= 0.3 is 0 Å². The maximum atomic E-state index is 13.1. The molecule has 94 valence electrons. The first-order chi connectivity index (χ1) is 8.56. The van der Waals surface area contributed by atoms with Crippen molar-refractivity contribution in [2.75, 3.05) is 0 Å². The first kappa shape index (κ1) is 13.0. The zero-order chi connectivity index (χ0) is 13.1. The highest BCUT2D eigenvalue weighted by atomic mass is 32.2. The predicted molar refractivity (Wildman–Crippen MR) is 73.8 cm³/mol. The lowest BCUT2D eigenvalue weighted by Crippen LogP contribution is -2.13. The fourth-order valence-electron chi connectivity index (χ4n) is 1.46. The molecule has 0 amide bonds. The highest BCUT2D eigenvalue weighted by molar-refractivity contribution is 8.00. The number of halogens is 1. The van der Waals surface area contributed by atoms with Crippen LogP contribution in [0.15, 0.2) is 27.9 Å². The molecule has 0 bridgehead atoms. The van der Waals surface area contributed by atoms with E-state index in [0.29, 0.717) is 11.3 Å². The Bertz CT molecular complexity index is 580. The van der Waals surface area contributed by atoms with Gasteiger partial charge in [0.05, 0.1) is 0 Å². The molecule has 1 aromatic carbocycles. The molecule has 1 heterocycles. The Morgan fingerprint density at radius 3 is 2.94 bits per heavy atom. The molecular weight excluding hydrogens is 269 g/mol. The maximum Gasteiger partial charge on any atom is 0.150 e. The van der Waals surface area contributed by atoms with Crippen LogP contribution in [0, 0.1) is 18.2 Å². The quantitative estimate of drug-likeness (QED) is 0.514. The lowest BCUT2D eigenvalue weighted by molar-refractivity contribution is 0.627. The zero-order valence-electron chi connectivity index (χ0n) is 9.74. The number of nitrogen functional groups attached to an aromatic ring is 1. The highest BCUT2D eigenvalue weighted by Gasteiger charge is 2.08. The number of thiazole rings is 1. The van der Waals surface area contributed by atoms with Gasteiger partial charge in [-0.25, -0.2) is 9.37 Å². The second-order valence-electron chi connectivity index (χ2n) is 3.76. The number of aromatic nitrogens is 1. The Morgan fingerprint density at radius 2 is 2.33 bits per heavy atom. The van der Waals surface area contributed by atoms with Gasteiger partial charge in [-0.2, -0.15) is 0 Å². The van der Waals surface area contributed by atoms with Crippen molar-refractivity contribution < 1.29 is 4.39 Å². The highest BCUT2D eigenvalue weighted by Crippen LogP contribution is 2.27. The number of hydrogen-bond acceptors (Lipinski definition) is 4. The van der Waals surface area contributed by atoms with Crippen molar-refractivity contribution in [1.29, 1.82) is 5.41 Å². The minimum absolute atomic E-state index is 0.111. The number of nitrogens with two attached hydrogens (primary N) is 1. The van der Waals surface area contributed by atoms with Crippen molar-refractivity contribution in [2.24, 2.45) is 5.73 Å².